The molecular weight excluding hydrogens is 324 g/mol. The number of hydrogen-bond acceptors (Lipinski definition) is 6. The molecule has 5 rings (SSSR count). The largest absolute Gasteiger partial charge is 0.354 e. The van der Waals surface area contributed by atoms with E-state index in [0.717, 1.165) is 57.5 Å². The molecule has 1 saturated carbocycles. The van der Waals surface area contributed by atoms with Gasteiger partial charge in [0, 0.05) is 70.2 Å². The van der Waals surface area contributed by atoms with Crippen molar-refractivity contribution in [1.82, 2.24) is 24.8 Å². The van der Waals surface area contributed by atoms with E-state index in [9.17, 15) is 0 Å². The molecule has 0 radical (unpaired) electrons. The molecule has 0 amide bonds. The second-order valence-electron chi connectivity index (χ2n) is 7.74. The van der Waals surface area contributed by atoms with Gasteiger partial charge in [-0.05, 0) is 31.0 Å². The first-order valence-corrected chi connectivity index (χ1v) is 9.79. The van der Waals surface area contributed by atoms with Crippen LogP contribution < -0.4 is 4.90 Å². The second-order valence-corrected chi connectivity index (χ2v) is 7.74. The molecule has 1 aliphatic carbocycles. The maximum absolute atomic E-state index is 4.76. The number of likely N-dealkylation sites (tertiary alicyclic amines) is 1. The lowest BCUT2D eigenvalue weighted by molar-refractivity contribution is 0.0247. The number of anilines is 1. The van der Waals surface area contributed by atoms with Crippen molar-refractivity contribution >= 4 is 5.82 Å². The first-order chi connectivity index (χ1) is 12.8. The van der Waals surface area contributed by atoms with E-state index in [1.54, 1.807) is 0 Å². The van der Waals surface area contributed by atoms with Crippen molar-refractivity contribution in [1.29, 1.82) is 0 Å². The first-order valence-electron chi connectivity index (χ1n) is 9.79. The number of aromatic nitrogens is 3. The van der Waals surface area contributed by atoms with Gasteiger partial charge in [-0.15, -0.1) is 0 Å². The molecule has 0 spiro atoms. The Morgan fingerprint density at radius 1 is 0.923 bits per heavy atom. The fourth-order valence-electron chi connectivity index (χ4n) is 4.03. The summed E-state index contributed by atoms with van der Waals surface area (Å²) in [5.41, 5.74) is 1.18. The average Bonchev–Trinajstić information content (AvgIpc) is 3.51. The minimum Gasteiger partial charge on any atom is -0.354 e. The summed E-state index contributed by atoms with van der Waals surface area (Å²) in [6.45, 7) is 7.70. The molecule has 0 unspecified atom stereocenters. The van der Waals surface area contributed by atoms with Crippen LogP contribution >= 0.6 is 0 Å². The van der Waals surface area contributed by atoms with Crippen molar-refractivity contribution in [3.05, 3.63) is 48.2 Å². The van der Waals surface area contributed by atoms with Crippen LogP contribution in [0.3, 0.4) is 0 Å². The molecule has 2 aromatic heterocycles. The van der Waals surface area contributed by atoms with Crippen LogP contribution in [0.2, 0.25) is 0 Å². The van der Waals surface area contributed by atoms with Gasteiger partial charge in [0.05, 0.1) is 5.69 Å². The van der Waals surface area contributed by atoms with Gasteiger partial charge in [0.1, 0.15) is 11.6 Å². The minimum absolute atomic E-state index is 0.634. The predicted octanol–water partition coefficient (Wildman–Crippen LogP) is 1.76. The Labute approximate surface area is 154 Å². The zero-order valence-electron chi connectivity index (χ0n) is 15.2. The van der Waals surface area contributed by atoms with Crippen LogP contribution in [0, 0.1) is 0 Å². The van der Waals surface area contributed by atoms with Crippen LogP contribution in [0.25, 0.3) is 0 Å². The van der Waals surface area contributed by atoms with Crippen LogP contribution in [-0.4, -0.2) is 70.1 Å². The molecule has 0 bridgehead atoms. The molecule has 2 aromatic rings. The monoisotopic (exact) mass is 350 g/mol. The van der Waals surface area contributed by atoms with Gasteiger partial charge < -0.3 is 4.90 Å². The van der Waals surface area contributed by atoms with Gasteiger partial charge >= 0.3 is 0 Å². The third-order valence-electron chi connectivity index (χ3n) is 5.80. The Hall–Kier alpha value is -2.05. The summed E-state index contributed by atoms with van der Waals surface area (Å²) in [7, 11) is 0. The Morgan fingerprint density at radius 3 is 2.50 bits per heavy atom. The second kappa shape index (κ2) is 6.93. The number of nitrogens with zero attached hydrogens (tertiary/aromatic N) is 6. The maximum Gasteiger partial charge on any atom is 0.131 e. The molecule has 2 aliphatic heterocycles. The summed E-state index contributed by atoms with van der Waals surface area (Å²) in [6, 6.07) is 8.93. The van der Waals surface area contributed by atoms with Crippen LogP contribution in [0.4, 0.5) is 5.82 Å². The van der Waals surface area contributed by atoms with E-state index in [1.165, 1.54) is 18.5 Å². The van der Waals surface area contributed by atoms with Crippen molar-refractivity contribution in [2.75, 3.05) is 44.2 Å². The molecule has 26 heavy (non-hydrogen) atoms. The standard InChI is InChI=1S/C20H26N6/c1-2-7-21-19(3-1)26-11-9-25(10-12-26)18-14-24(15-18)13-17-6-8-22-20(23-17)16-4-5-16/h1-3,6-8,16,18H,4-5,9-15H2. The normalized spacial score (nSPS) is 22.4. The van der Waals surface area contributed by atoms with Crippen molar-refractivity contribution in [3.8, 4) is 0 Å². The number of piperazine rings is 1. The number of rotatable bonds is 5. The summed E-state index contributed by atoms with van der Waals surface area (Å²) >= 11 is 0. The molecule has 0 aromatic carbocycles. The lowest BCUT2D eigenvalue weighted by atomic mass is 10.1. The van der Waals surface area contributed by atoms with Crippen LogP contribution in [-0.2, 0) is 6.54 Å². The zero-order chi connectivity index (χ0) is 17.3. The molecule has 6 nitrogen and oxygen atoms in total. The fraction of sp³-hybridized carbons (Fsp3) is 0.550. The number of hydrogen-bond donors (Lipinski definition) is 0. The average molecular weight is 350 g/mol. The Kier molecular flexibility index (Phi) is 4.30. The highest BCUT2D eigenvalue weighted by Gasteiger charge is 2.34. The van der Waals surface area contributed by atoms with Gasteiger partial charge in [-0.2, -0.15) is 0 Å². The predicted molar refractivity (Wildman–Crippen MR) is 101 cm³/mol. The van der Waals surface area contributed by atoms with E-state index in [2.05, 4.69) is 42.9 Å². The van der Waals surface area contributed by atoms with E-state index in [0.29, 0.717) is 12.0 Å². The Bertz CT molecular complexity index is 733. The Balaban J connectivity index is 1.09. The molecule has 2 saturated heterocycles. The van der Waals surface area contributed by atoms with Gasteiger partial charge in [0.2, 0.25) is 0 Å². The van der Waals surface area contributed by atoms with Crippen molar-refractivity contribution in [2.24, 2.45) is 0 Å². The van der Waals surface area contributed by atoms with E-state index in [1.807, 2.05) is 18.5 Å². The van der Waals surface area contributed by atoms with Gasteiger partial charge in [0.15, 0.2) is 0 Å². The summed E-state index contributed by atoms with van der Waals surface area (Å²) in [5.74, 6) is 2.80. The molecule has 0 atom stereocenters. The van der Waals surface area contributed by atoms with E-state index >= 15 is 0 Å². The van der Waals surface area contributed by atoms with Crippen molar-refractivity contribution in [3.63, 3.8) is 0 Å². The first kappa shape index (κ1) is 16.1. The van der Waals surface area contributed by atoms with Gasteiger partial charge in [0.25, 0.3) is 0 Å². The van der Waals surface area contributed by atoms with Gasteiger partial charge in [-0.1, -0.05) is 6.07 Å². The lowest BCUT2D eigenvalue weighted by Crippen LogP contribution is -2.62. The number of pyridine rings is 1. The summed E-state index contributed by atoms with van der Waals surface area (Å²) in [5, 5.41) is 0. The van der Waals surface area contributed by atoms with E-state index < -0.39 is 0 Å². The summed E-state index contributed by atoms with van der Waals surface area (Å²) in [4.78, 5) is 21.2. The topological polar surface area (TPSA) is 48.4 Å². The lowest BCUT2D eigenvalue weighted by Gasteiger charge is -2.48. The van der Waals surface area contributed by atoms with E-state index in [-0.39, 0.29) is 0 Å². The molecule has 3 aliphatic rings. The smallest absolute Gasteiger partial charge is 0.131 e. The molecular formula is C20H26N6. The minimum atomic E-state index is 0.634. The zero-order valence-corrected chi connectivity index (χ0v) is 15.2. The van der Waals surface area contributed by atoms with Crippen LogP contribution in [0.1, 0.15) is 30.3 Å². The van der Waals surface area contributed by atoms with E-state index in [4.69, 9.17) is 4.98 Å². The van der Waals surface area contributed by atoms with Crippen LogP contribution in [0.5, 0.6) is 0 Å². The molecule has 136 valence electrons. The SMILES string of the molecule is c1ccc(N2CCN(C3CN(Cc4ccnc(C5CC5)n4)C3)CC2)nc1. The fourth-order valence-corrected chi connectivity index (χ4v) is 4.03. The quantitative estimate of drug-likeness (QED) is 0.819. The maximum atomic E-state index is 4.76. The van der Waals surface area contributed by atoms with Crippen molar-refractivity contribution in [2.45, 2.75) is 31.3 Å². The highest BCUT2D eigenvalue weighted by atomic mass is 15.4. The summed E-state index contributed by atoms with van der Waals surface area (Å²) in [6.07, 6.45) is 6.34. The molecule has 3 fully saturated rings. The Morgan fingerprint density at radius 2 is 1.77 bits per heavy atom. The van der Waals surface area contributed by atoms with Gasteiger partial charge in [-0.3, -0.25) is 9.80 Å². The van der Waals surface area contributed by atoms with Crippen molar-refractivity contribution < 1.29 is 0 Å². The summed E-state index contributed by atoms with van der Waals surface area (Å²) < 4.78 is 0. The third-order valence-corrected chi connectivity index (χ3v) is 5.80. The van der Waals surface area contributed by atoms with Crippen LogP contribution in [0.15, 0.2) is 36.7 Å². The molecule has 6 heteroatoms. The highest BCUT2D eigenvalue weighted by Crippen LogP contribution is 2.37. The molecule has 4 heterocycles. The highest BCUT2D eigenvalue weighted by molar-refractivity contribution is 5.38. The third kappa shape index (κ3) is 3.44. The van der Waals surface area contributed by atoms with Gasteiger partial charge in [-0.25, -0.2) is 15.0 Å². The molecule has 0 N–H and O–H groups in total.